The minimum atomic E-state index is -3.56. The maximum absolute atomic E-state index is 12.7. The smallest absolute Gasteiger partial charge is 0.244 e. The average molecular weight is 343 g/mol. The van der Waals surface area contributed by atoms with Crippen LogP contribution in [0.4, 0.5) is 0 Å². The maximum atomic E-state index is 12.7. The first kappa shape index (κ1) is 16.4. The summed E-state index contributed by atoms with van der Waals surface area (Å²) < 4.78 is 32.6. The average Bonchev–Trinajstić information content (AvgIpc) is 3.44. The lowest BCUT2D eigenvalue weighted by Gasteiger charge is -2.21. The number of nitriles is 1. The predicted octanol–water partition coefficient (Wildman–Crippen LogP) is 2.19. The molecule has 6 nitrogen and oxygen atoms in total. The highest BCUT2D eigenvalue weighted by Gasteiger charge is 2.37. The lowest BCUT2D eigenvalue weighted by Crippen LogP contribution is -2.36. The van der Waals surface area contributed by atoms with Crippen LogP contribution in [0, 0.1) is 11.3 Å². The van der Waals surface area contributed by atoms with Gasteiger partial charge in [-0.2, -0.15) is 9.57 Å². The second kappa shape index (κ2) is 6.99. The number of ether oxygens (including phenoxy) is 1. The minimum Gasteiger partial charge on any atom is -0.492 e. The van der Waals surface area contributed by atoms with Gasteiger partial charge in [0, 0.05) is 25.0 Å². The summed E-state index contributed by atoms with van der Waals surface area (Å²) >= 11 is 0. The lowest BCUT2D eigenvalue weighted by molar-refractivity contribution is 0.269. The fourth-order valence-electron chi connectivity index (χ4n) is 2.38. The zero-order valence-electron chi connectivity index (χ0n) is 13.0. The molecule has 0 unspecified atom stereocenters. The van der Waals surface area contributed by atoms with Crippen LogP contribution in [0.3, 0.4) is 0 Å². The largest absolute Gasteiger partial charge is 0.492 e. The van der Waals surface area contributed by atoms with Gasteiger partial charge in [0.15, 0.2) is 0 Å². The van der Waals surface area contributed by atoms with Gasteiger partial charge in [-0.1, -0.05) is 0 Å². The second-order valence-electron chi connectivity index (χ2n) is 5.52. The van der Waals surface area contributed by atoms with Crippen molar-refractivity contribution in [2.75, 3.05) is 13.2 Å². The molecule has 1 aromatic carbocycles. The van der Waals surface area contributed by atoms with Crippen LogP contribution in [0.25, 0.3) is 0 Å². The first-order chi connectivity index (χ1) is 11.6. The van der Waals surface area contributed by atoms with Gasteiger partial charge >= 0.3 is 0 Å². The summed E-state index contributed by atoms with van der Waals surface area (Å²) in [5, 5.41) is 8.77. The molecule has 0 radical (unpaired) electrons. The van der Waals surface area contributed by atoms with Gasteiger partial charge in [-0.05, 0) is 49.2 Å². The molecule has 0 N–H and O–H groups in total. The van der Waals surface area contributed by atoms with Crippen LogP contribution in [0.2, 0.25) is 0 Å². The van der Waals surface area contributed by atoms with Crippen molar-refractivity contribution in [2.24, 2.45) is 0 Å². The molecule has 1 aliphatic carbocycles. The van der Waals surface area contributed by atoms with Crippen LogP contribution in [0.5, 0.6) is 5.75 Å². The van der Waals surface area contributed by atoms with E-state index in [9.17, 15) is 8.42 Å². The standard InChI is InChI=1S/C17H17N3O3S/c18-12-14-3-7-16(8-4-14)23-11-10-20(15-5-6-15)24(21,22)17-2-1-9-19-13-17/h1-4,7-9,13,15H,5-6,10-11H2. The molecular formula is C17H17N3O3S. The Labute approximate surface area is 141 Å². The summed E-state index contributed by atoms with van der Waals surface area (Å²) in [7, 11) is -3.56. The number of nitrogens with zero attached hydrogens (tertiary/aromatic N) is 3. The highest BCUT2D eigenvalue weighted by atomic mass is 32.2. The van der Waals surface area contributed by atoms with Crippen LogP contribution < -0.4 is 4.74 Å². The quantitative estimate of drug-likeness (QED) is 0.769. The Morgan fingerprint density at radius 2 is 2.00 bits per heavy atom. The number of pyridine rings is 1. The zero-order valence-corrected chi connectivity index (χ0v) is 13.8. The molecule has 1 aromatic heterocycles. The molecule has 1 saturated carbocycles. The Kier molecular flexibility index (Phi) is 4.79. The van der Waals surface area contributed by atoms with E-state index in [1.807, 2.05) is 6.07 Å². The van der Waals surface area contributed by atoms with Crippen molar-refractivity contribution in [3.63, 3.8) is 0 Å². The van der Waals surface area contributed by atoms with E-state index in [2.05, 4.69) is 4.98 Å². The molecule has 0 amide bonds. The van der Waals surface area contributed by atoms with Crippen molar-refractivity contribution in [2.45, 2.75) is 23.8 Å². The summed E-state index contributed by atoms with van der Waals surface area (Å²) in [6.45, 7) is 0.532. The monoisotopic (exact) mass is 343 g/mol. The van der Waals surface area contributed by atoms with Crippen molar-refractivity contribution in [1.82, 2.24) is 9.29 Å². The summed E-state index contributed by atoms with van der Waals surface area (Å²) in [5.74, 6) is 0.614. The fourth-order valence-corrected chi connectivity index (χ4v) is 4.01. The molecule has 0 spiro atoms. The number of hydrogen-bond acceptors (Lipinski definition) is 5. The van der Waals surface area contributed by atoms with E-state index in [-0.39, 0.29) is 24.1 Å². The van der Waals surface area contributed by atoms with Crippen LogP contribution in [-0.2, 0) is 10.0 Å². The molecule has 124 valence electrons. The van der Waals surface area contributed by atoms with E-state index >= 15 is 0 Å². The van der Waals surface area contributed by atoms with Gasteiger partial charge < -0.3 is 4.74 Å². The third kappa shape index (κ3) is 3.72. The normalized spacial score (nSPS) is 14.3. The third-order valence-corrected chi connectivity index (χ3v) is 5.69. The predicted molar refractivity (Wildman–Crippen MR) is 87.8 cm³/mol. The Morgan fingerprint density at radius 3 is 2.58 bits per heavy atom. The third-order valence-electron chi connectivity index (χ3n) is 3.76. The number of rotatable bonds is 7. The van der Waals surface area contributed by atoms with Crippen molar-refractivity contribution in [3.05, 3.63) is 54.4 Å². The van der Waals surface area contributed by atoms with E-state index < -0.39 is 10.0 Å². The molecule has 24 heavy (non-hydrogen) atoms. The van der Waals surface area contributed by atoms with E-state index in [4.69, 9.17) is 10.00 Å². The van der Waals surface area contributed by atoms with Crippen LogP contribution in [0.15, 0.2) is 53.7 Å². The van der Waals surface area contributed by atoms with Crippen LogP contribution in [-0.4, -0.2) is 36.9 Å². The lowest BCUT2D eigenvalue weighted by atomic mass is 10.2. The Balaban J connectivity index is 1.65. The summed E-state index contributed by atoms with van der Waals surface area (Å²) in [6.07, 6.45) is 4.66. The number of hydrogen-bond donors (Lipinski definition) is 0. The fraction of sp³-hybridized carbons (Fsp3) is 0.294. The first-order valence-electron chi connectivity index (χ1n) is 7.66. The van der Waals surface area contributed by atoms with Gasteiger partial charge in [0.25, 0.3) is 0 Å². The van der Waals surface area contributed by atoms with Gasteiger partial charge in [0.2, 0.25) is 10.0 Å². The molecular weight excluding hydrogens is 326 g/mol. The van der Waals surface area contributed by atoms with Crippen molar-refractivity contribution >= 4 is 10.0 Å². The van der Waals surface area contributed by atoms with E-state index in [0.717, 1.165) is 12.8 Å². The second-order valence-corrected chi connectivity index (χ2v) is 7.41. The highest BCUT2D eigenvalue weighted by Crippen LogP contribution is 2.31. The topological polar surface area (TPSA) is 83.3 Å². The van der Waals surface area contributed by atoms with Gasteiger partial charge in [-0.3, -0.25) is 4.98 Å². The molecule has 1 aliphatic rings. The van der Waals surface area contributed by atoms with Crippen LogP contribution in [0.1, 0.15) is 18.4 Å². The SMILES string of the molecule is N#Cc1ccc(OCCN(C2CC2)S(=O)(=O)c2cccnc2)cc1. The van der Waals surface area contributed by atoms with E-state index in [1.165, 1.54) is 10.5 Å². The van der Waals surface area contributed by atoms with Gasteiger partial charge in [-0.15, -0.1) is 0 Å². The van der Waals surface area contributed by atoms with Gasteiger partial charge in [-0.25, -0.2) is 8.42 Å². The molecule has 1 fully saturated rings. The minimum absolute atomic E-state index is 0.0415. The molecule has 3 rings (SSSR count). The van der Waals surface area contributed by atoms with E-state index in [0.29, 0.717) is 11.3 Å². The molecule has 1 heterocycles. The highest BCUT2D eigenvalue weighted by molar-refractivity contribution is 7.89. The Bertz CT molecular complexity index is 826. The molecule has 7 heteroatoms. The van der Waals surface area contributed by atoms with E-state index in [1.54, 1.807) is 42.6 Å². The Morgan fingerprint density at radius 1 is 1.25 bits per heavy atom. The van der Waals surface area contributed by atoms with Gasteiger partial charge in [0.1, 0.15) is 17.3 Å². The molecule has 0 atom stereocenters. The maximum Gasteiger partial charge on any atom is 0.244 e. The number of aromatic nitrogens is 1. The summed E-state index contributed by atoms with van der Waals surface area (Å²) in [4.78, 5) is 4.10. The molecule has 0 bridgehead atoms. The van der Waals surface area contributed by atoms with Crippen LogP contribution >= 0.6 is 0 Å². The molecule has 0 saturated heterocycles. The Hall–Kier alpha value is -2.43. The number of benzene rings is 1. The van der Waals surface area contributed by atoms with Crippen molar-refractivity contribution in [3.8, 4) is 11.8 Å². The van der Waals surface area contributed by atoms with Crippen molar-refractivity contribution < 1.29 is 13.2 Å². The molecule has 0 aliphatic heterocycles. The summed E-state index contributed by atoms with van der Waals surface area (Å²) in [5.41, 5.74) is 0.557. The zero-order chi connectivity index (χ0) is 17.0. The first-order valence-corrected chi connectivity index (χ1v) is 9.10. The van der Waals surface area contributed by atoms with Crippen molar-refractivity contribution in [1.29, 1.82) is 5.26 Å². The number of sulfonamides is 1. The summed E-state index contributed by atoms with van der Waals surface area (Å²) in [6, 6.07) is 12.0. The molecule has 2 aromatic rings. The van der Waals surface area contributed by atoms with Gasteiger partial charge in [0.05, 0.1) is 11.6 Å².